The smallest absolute Gasteiger partial charge is 0.283 e. The second-order valence-corrected chi connectivity index (χ2v) is 11.2. The van der Waals surface area contributed by atoms with Crippen molar-refractivity contribution in [1.29, 1.82) is 0 Å². The van der Waals surface area contributed by atoms with E-state index in [4.69, 9.17) is 13.1 Å². The van der Waals surface area contributed by atoms with Crippen LogP contribution in [0.3, 0.4) is 0 Å². The van der Waals surface area contributed by atoms with Gasteiger partial charge < -0.3 is 13.1 Å². The summed E-state index contributed by atoms with van der Waals surface area (Å²) in [6.45, 7) is 6.33. The molecule has 0 aromatic rings. The fraction of sp³-hybridized carbons (Fsp3) is 0.857. The molecule has 148 valence electrons. The van der Waals surface area contributed by atoms with Gasteiger partial charge in [-0.15, -0.1) is 0 Å². The van der Waals surface area contributed by atoms with E-state index in [1.165, 1.54) is 21.6 Å². The van der Waals surface area contributed by atoms with E-state index in [-0.39, 0.29) is 8.89 Å². The van der Waals surface area contributed by atoms with Crippen LogP contribution in [0, 0.1) is 0 Å². The number of hydrogen-bond donors (Lipinski definition) is 0. The zero-order valence-electron chi connectivity index (χ0n) is 14.6. The zero-order valence-corrected chi connectivity index (χ0v) is 19.5. The third-order valence-electron chi connectivity index (χ3n) is 2.28. The van der Waals surface area contributed by atoms with E-state index in [9.17, 15) is 9.59 Å². The molecule has 0 N–H and O–H groups in total. The summed E-state index contributed by atoms with van der Waals surface area (Å²) in [6.07, 6.45) is 4.09. The highest BCUT2D eigenvalue weighted by molar-refractivity contribution is 8.86. The van der Waals surface area contributed by atoms with Crippen molar-refractivity contribution in [2.24, 2.45) is 0 Å². The highest BCUT2D eigenvalue weighted by Gasteiger charge is 2.05. The topological polar surface area (TPSA) is 61.8 Å². The molecule has 11 heteroatoms. The van der Waals surface area contributed by atoms with Crippen LogP contribution < -0.4 is 0 Å². The number of rotatable bonds is 16. The highest BCUT2D eigenvalue weighted by Crippen LogP contribution is 2.30. The van der Waals surface area contributed by atoms with E-state index < -0.39 is 0 Å². The third-order valence-corrected chi connectivity index (χ3v) is 8.83. The first-order valence-electron chi connectivity index (χ1n) is 8.04. The van der Waals surface area contributed by atoms with E-state index in [2.05, 4.69) is 0 Å². The number of carbonyl (C=O) groups is 2. The Hall–Kier alpha value is 1.32. The Morgan fingerprint density at radius 2 is 1.16 bits per heavy atom. The van der Waals surface area contributed by atoms with E-state index in [0.29, 0.717) is 13.2 Å². The Kier molecular flexibility index (Phi) is 22.8. The number of ether oxygens (including phenoxy) is 1. The minimum Gasteiger partial charge on any atom is -0.381 e. The van der Waals surface area contributed by atoms with E-state index >= 15 is 0 Å². The predicted octanol–water partition coefficient (Wildman–Crippen LogP) is 6.94. The average Bonchev–Trinajstić information content (AvgIpc) is 2.61. The van der Waals surface area contributed by atoms with Gasteiger partial charge >= 0.3 is 0 Å². The lowest BCUT2D eigenvalue weighted by Gasteiger charge is -2.04. The molecule has 0 aliphatic heterocycles. The lowest BCUT2D eigenvalue weighted by Crippen LogP contribution is -1.98. The van der Waals surface area contributed by atoms with Crippen LogP contribution in [0.25, 0.3) is 0 Å². The van der Waals surface area contributed by atoms with Crippen LogP contribution in [0.2, 0.25) is 0 Å². The first-order valence-corrected chi connectivity index (χ1v) is 14.2. The summed E-state index contributed by atoms with van der Waals surface area (Å²) in [7, 11) is 5.61. The minimum absolute atomic E-state index is 0.00248. The largest absolute Gasteiger partial charge is 0.381 e. The monoisotopic (exact) mass is 466 g/mol. The summed E-state index contributed by atoms with van der Waals surface area (Å²) in [4.78, 5) is 22.6. The van der Waals surface area contributed by atoms with Gasteiger partial charge in [0.1, 0.15) is 0 Å². The van der Waals surface area contributed by atoms with Crippen molar-refractivity contribution in [1.82, 2.24) is 0 Å². The Morgan fingerprint density at radius 1 is 0.720 bits per heavy atom. The fourth-order valence-corrected chi connectivity index (χ4v) is 6.35. The predicted molar refractivity (Wildman–Crippen MR) is 119 cm³/mol. The van der Waals surface area contributed by atoms with Crippen LogP contribution in [-0.2, 0) is 13.1 Å². The van der Waals surface area contributed by atoms with Crippen molar-refractivity contribution >= 4 is 76.2 Å². The summed E-state index contributed by atoms with van der Waals surface area (Å²) in [5.74, 6) is 1.88. The van der Waals surface area contributed by atoms with Gasteiger partial charge in [0.2, 0.25) is 0 Å². The van der Waals surface area contributed by atoms with Crippen LogP contribution in [-0.4, -0.2) is 46.8 Å². The lowest BCUT2D eigenvalue weighted by molar-refractivity contribution is 0.129. The third kappa shape index (κ3) is 21.5. The fourth-order valence-electron chi connectivity index (χ4n) is 1.25. The molecule has 0 atom stereocenters. The summed E-state index contributed by atoms with van der Waals surface area (Å²) in [5, 5.41) is 0. The molecule has 25 heavy (non-hydrogen) atoms. The maximum absolute atomic E-state index is 11.3. The van der Waals surface area contributed by atoms with Crippen molar-refractivity contribution in [2.45, 2.75) is 39.5 Å². The summed E-state index contributed by atoms with van der Waals surface area (Å²) in [6, 6.07) is 0. The van der Waals surface area contributed by atoms with Gasteiger partial charge in [0.15, 0.2) is 0 Å². The van der Waals surface area contributed by atoms with Crippen LogP contribution in [0.5, 0.6) is 0 Å². The quantitative estimate of drug-likeness (QED) is 0.135. The van der Waals surface area contributed by atoms with Crippen molar-refractivity contribution in [2.75, 3.05) is 37.9 Å². The van der Waals surface area contributed by atoms with Crippen molar-refractivity contribution in [3.8, 4) is 0 Å². The Morgan fingerprint density at radius 3 is 1.56 bits per heavy atom. The molecule has 0 radical (unpaired) electrons. The van der Waals surface area contributed by atoms with Gasteiger partial charge in [-0.2, -0.15) is 0 Å². The van der Waals surface area contributed by atoms with Gasteiger partial charge in [-0.3, -0.25) is 9.59 Å². The second kappa shape index (κ2) is 21.6. The SMILES string of the molecule is CCOSC(=O)SSCCCCOCCCCSSC(=O)SOCC. The van der Waals surface area contributed by atoms with E-state index in [1.54, 1.807) is 21.6 Å². The first kappa shape index (κ1) is 26.3. The summed E-state index contributed by atoms with van der Waals surface area (Å²) >= 11 is 1.83. The maximum Gasteiger partial charge on any atom is 0.283 e. The molecule has 0 aromatic heterocycles. The molecule has 0 aliphatic carbocycles. The molecule has 0 rings (SSSR count). The zero-order chi connectivity index (χ0) is 18.6. The molecule has 0 aliphatic rings. The average molecular weight is 467 g/mol. The van der Waals surface area contributed by atoms with E-state index in [0.717, 1.165) is 74.5 Å². The normalized spacial score (nSPS) is 11.0. The molecule has 0 bridgehead atoms. The standard InChI is InChI=1S/C14H26O5S6/c1-3-18-22-13(15)24-20-11-7-5-9-17-10-6-8-12-21-25-14(16)23-19-4-2/h3-12H2,1-2H3. The molecular weight excluding hydrogens is 441 g/mol. The van der Waals surface area contributed by atoms with Gasteiger partial charge in [0.25, 0.3) is 8.89 Å². The van der Waals surface area contributed by atoms with Crippen LogP contribution in [0.4, 0.5) is 9.59 Å². The minimum atomic E-state index is -0.00248. The summed E-state index contributed by atoms with van der Waals surface area (Å²) in [5.41, 5.74) is 0. The molecule has 0 saturated carbocycles. The Bertz CT molecular complexity index is 305. The maximum atomic E-state index is 11.3. The summed E-state index contributed by atoms with van der Waals surface area (Å²) < 4.78 is 15.5. The number of unbranched alkanes of at least 4 members (excludes halogenated alkanes) is 2. The highest BCUT2D eigenvalue weighted by atomic mass is 33.1. The van der Waals surface area contributed by atoms with Crippen LogP contribution >= 0.6 is 67.3 Å². The molecular formula is C14H26O5S6. The Balaban J connectivity index is 3.14. The van der Waals surface area contributed by atoms with Crippen LogP contribution in [0.15, 0.2) is 0 Å². The molecule has 0 unspecified atom stereocenters. The molecule has 0 spiro atoms. The molecule has 0 heterocycles. The van der Waals surface area contributed by atoms with Crippen LogP contribution in [0.1, 0.15) is 39.5 Å². The van der Waals surface area contributed by atoms with Crippen molar-refractivity contribution < 1.29 is 22.7 Å². The molecule has 0 amide bonds. The molecule has 0 aromatic carbocycles. The lowest BCUT2D eigenvalue weighted by atomic mass is 10.3. The van der Waals surface area contributed by atoms with Gasteiger partial charge in [0.05, 0.1) is 37.3 Å². The first-order chi connectivity index (χ1) is 12.2. The Labute approximate surface area is 175 Å². The van der Waals surface area contributed by atoms with Gasteiger partial charge in [-0.05, 0) is 61.1 Å². The molecule has 0 fully saturated rings. The van der Waals surface area contributed by atoms with Gasteiger partial charge in [0, 0.05) is 24.7 Å². The van der Waals surface area contributed by atoms with Crippen molar-refractivity contribution in [3.63, 3.8) is 0 Å². The second-order valence-electron chi connectivity index (χ2n) is 4.32. The molecule has 5 nitrogen and oxygen atoms in total. The van der Waals surface area contributed by atoms with Crippen molar-refractivity contribution in [3.05, 3.63) is 0 Å². The number of hydrogen-bond acceptors (Lipinski definition) is 11. The van der Waals surface area contributed by atoms with Gasteiger partial charge in [-0.25, -0.2) is 0 Å². The number of carbonyl (C=O) groups excluding carboxylic acids is 2. The molecule has 0 saturated heterocycles. The van der Waals surface area contributed by atoms with Gasteiger partial charge in [-0.1, -0.05) is 21.6 Å². The van der Waals surface area contributed by atoms with E-state index in [1.807, 2.05) is 13.8 Å².